The van der Waals surface area contributed by atoms with Gasteiger partial charge < -0.3 is 0 Å². The van der Waals surface area contributed by atoms with Gasteiger partial charge in [0.2, 0.25) is 0 Å². The molecule has 0 heteroatoms. The highest BCUT2D eigenvalue weighted by Crippen LogP contribution is 2.38. The second kappa shape index (κ2) is 5.81. The van der Waals surface area contributed by atoms with Crippen LogP contribution in [0.1, 0.15) is 0 Å². The first-order chi connectivity index (χ1) is 14.9. The SMILES string of the molecule is c1ccc2c(c1)ccc1ccc3cc4ccc5ccc6ccccc6c5c4cc3c12. The maximum atomic E-state index is 2.42. The summed E-state index contributed by atoms with van der Waals surface area (Å²) >= 11 is 0. The Morgan fingerprint density at radius 3 is 1.17 bits per heavy atom. The average molecular weight is 378 g/mol. The predicted molar refractivity (Wildman–Crippen MR) is 131 cm³/mol. The normalized spacial score (nSPS) is 12.0. The van der Waals surface area contributed by atoms with Crippen LogP contribution in [-0.4, -0.2) is 0 Å². The van der Waals surface area contributed by atoms with E-state index in [1.54, 1.807) is 0 Å². The maximum Gasteiger partial charge on any atom is -0.00266 e. The second-order valence-electron chi connectivity index (χ2n) is 8.20. The Balaban J connectivity index is 1.77. The van der Waals surface area contributed by atoms with Crippen molar-refractivity contribution in [1.82, 2.24) is 0 Å². The number of hydrogen-bond donors (Lipinski definition) is 0. The van der Waals surface area contributed by atoms with E-state index < -0.39 is 0 Å². The largest absolute Gasteiger partial charge is 0.0616 e. The van der Waals surface area contributed by atoms with Crippen molar-refractivity contribution in [3.8, 4) is 0 Å². The van der Waals surface area contributed by atoms with Gasteiger partial charge in [-0.3, -0.25) is 0 Å². The summed E-state index contributed by atoms with van der Waals surface area (Å²) in [5.74, 6) is 0. The maximum absolute atomic E-state index is 2.42. The number of fused-ring (bicyclic) bond motifs is 10. The van der Waals surface area contributed by atoms with Gasteiger partial charge in [-0.1, -0.05) is 97.1 Å². The van der Waals surface area contributed by atoms with E-state index in [1.165, 1.54) is 64.6 Å². The van der Waals surface area contributed by atoms with Crippen LogP contribution in [0.2, 0.25) is 0 Å². The van der Waals surface area contributed by atoms with E-state index >= 15 is 0 Å². The molecule has 0 unspecified atom stereocenters. The van der Waals surface area contributed by atoms with Gasteiger partial charge in [0.1, 0.15) is 0 Å². The third kappa shape index (κ3) is 2.11. The first-order valence-electron chi connectivity index (χ1n) is 10.5. The van der Waals surface area contributed by atoms with Crippen molar-refractivity contribution >= 4 is 64.6 Å². The van der Waals surface area contributed by atoms with Crippen molar-refractivity contribution in [2.24, 2.45) is 0 Å². The van der Waals surface area contributed by atoms with Gasteiger partial charge in [0.15, 0.2) is 0 Å². The number of hydrogen-bond acceptors (Lipinski definition) is 0. The third-order valence-corrected chi connectivity index (χ3v) is 6.57. The minimum atomic E-state index is 1.29. The van der Waals surface area contributed by atoms with E-state index in [-0.39, 0.29) is 0 Å². The van der Waals surface area contributed by atoms with E-state index in [1.807, 2.05) is 0 Å². The Hall–Kier alpha value is -3.90. The highest BCUT2D eigenvalue weighted by molar-refractivity contribution is 6.26. The fourth-order valence-corrected chi connectivity index (χ4v) is 5.16. The first kappa shape index (κ1) is 16.0. The first-order valence-corrected chi connectivity index (χ1v) is 10.5. The number of benzene rings is 7. The smallest absolute Gasteiger partial charge is 0.00266 e. The quantitative estimate of drug-likeness (QED) is 0.183. The molecule has 138 valence electrons. The summed E-state index contributed by atoms with van der Waals surface area (Å²) in [6.45, 7) is 0. The highest BCUT2D eigenvalue weighted by atomic mass is 14.1. The van der Waals surface area contributed by atoms with Gasteiger partial charge in [-0.15, -0.1) is 0 Å². The lowest BCUT2D eigenvalue weighted by atomic mass is 9.91. The molecule has 0 radical (unpaired) electrons. The van der Waals surface area contributed by atoms with E-state index in [4.69, 9.17) is 0 Å². The molecule has 7 rings (SSSR count). The zero-order valence-corrected chi connectivity index (χ0v) is 16.4. The minimum absolute atomic E-state index is 1.29. The lowest BCUT2D eigenvalue weighted by molar-refractivity contribution is 1.78. The molecule has 0 aliphatic rings. The molecule has 30 heavy (non-hydrogen) atoms. The molecule has 0 fully saturated rings. The van der Waals surface area contributed by atoms with Crippen molar-refractivity contribution in [3.63, 3.8) is 0 Å². The van der Waals surface area contributed by atoms with Crippen LogP contribution in [0.5, 0.6) is 0 Å². The average Bonchev–Trinajstić information content (AvgIpc) is 2.82. The monoisotopic (exact) mass is 378 g/mol. The predicted octanol–water partition coefficient (Wildman–Crippen LogP) is 8.61. The Kier molecular flexibility index (Phi) is 3.09. The molecule has 0 aliphatic heterocycles. The van der Waals surface area contributed by atoms with Gasteiger partial charge >= 0.3 is 0 Å². The molecule has 0 bridgehead atoms. The van der Waals surface area contributed by atoms with Crippen LogP contribution in [0.15, 0.2) is 109 Å². The van der Waals surface area contributed by atoms with Crippen molar-refractivity contribution in [1.29, 1.82) is 0 Å². The van der Waals surface area contributed by atoms with Crippen LogP contribution in [0.25, 0.3) is 64.6 Å². The molecule has 7 aromatic rings. The van der Waals surface area contributed by atoms with Crippen molar-refractivity contribution < 1.29 is 0 Å². The molecule has 0 spiro atoms. The Bertz CT molecular complexity index is 1660. The van der Waals surface area contributed by atoms with Crippen LogP contribution >= 0.6 is 0 Å². The minimum Gasteiger partial charge on any atom is -0.0616 e. The molecule has 0 nitrogen and oxygen atoms in total. The molecule has 0 aliphatic carbocycles. The summed E-state index contributed by atoms with van der Waals surface area (Å²) in [6, 6.07) is 40.2. The second-order valence-corrected chi connectivity index (χ2v) is 8.20. The molecular weight excluding hydrogens is 360 g/mol. The van der Waals surface area contributed by atoms with Gasteiger partial charge in [-0.25, -0.2) is 0 Å². The lowest BCUT2D eigenvalue weighted by Gasteiger charge is -2.12. The molecule has 0 saturated heterocycles. The Morgan fingerprint density at radius 2 is 0.667 bits per heavy atom. The molecular formula is C30H18. The van der Waals surface area contributed by atoms with Gasteiger partial charge in [-0.2, -0.15) is 0 Å². The summed E-state index contributed by atoms with van der Waals surface area (Å²) in [5.41, 5.74) is 0. The molecule has 0 N–H and O–H groups in total. The molecule has 0 saturated carbocycles. The van der Waals surface area contributed by atoms with Crippen LogP contribution < -0.4 is 0 Å². The highest BCUT2D eigenvalue weighted by Gasteiger charge is 2.10. The molecule has 0 aromatic heterocycles. The van der Waals surface area contributed by atoms with Crippen LogP contribution in [-0.2, 0) is 0 Å². The molecule has 0 atom stereocenters. The summed E-state index contributed by atoms with van der Waals surface area (Å²) in [6.07, 6.45) is 0. The van der Waals surface area contributed by atoms with E-state index in [9.17, 15) is 0 Å². The van der Waals surface area contributed by atoms with Gasteiger partial charge in [-0.05, 0) is 76.8 Å². The topological polar surface area (TPSA) is 0 Å². The summed E-state index contributed by atoms with van der Waals surface area (Å²) in [7, 11) is 0. The fraction of sp³-hybridized carbons (Fsp3) is 0. The van der Waals surface area contributed by atoms with E-state index in [0.29, 0.717) is 0 Å². The molecule has 0 heterocycles. The van der Waals surface area contributed by atoms with Gasteiger partial charge in [0.05, 0.1) is 0 Å². The number of rotatable bonds is 0. The summed E-state index contributed by atoms with van der Waals surface area (Å²) < 4.78 is 0. The van der Waals surface area contributed by atoms with Crippen LogP contribution in [0, 0.1) is 0 Å². The van der Waals surface area contributed by atoms with Gasteiger partial charge in [0, 0.05) is 0 Å². The zero-order valence-electron chi connectivity index (χ0n) is 16.4. The van der Waals surface area contributed by atoms with Crippen LogP contribution in [0.4, 0.5) is 0 Å². The van der Waals surface area contributed by atoms with Crippen molar-refractivity contribution in [3.05, 3.63) is 109 Å². The summed E-state index contributed by atoms with van der Waals surface area (Å²) in [4.78, 5) is 0. The van der Waals surface area contributed by atoms with E-state index in [0.717, 1.165) is 0 Å². The van der Waals surface area contributed by atoms with Crippen LogP contribution in [0.3, 0.4) is 0 Å². The van der Waals surface area contributed by atoms with E-state index in [2.05, 4.69) is 109 Å². The summed E-state index contributed by atoms with van der Waals surface area (Å²) in [5, 5.41) is 15.8. The Morgan fingerprint density at radius 1 is 0.267 bits per heavy atom. The zero-order chi connectivity index (χ0) is 19.7. The fourth-order valence-electron chi connectivity index (χ4n) is 5.16. The molecule has 0 amide bonds. The van der Waals surface area contributed by atoms with Gasteiger partial charge in [0.25, 0.3) is 0 Å². The Labute approximate surface area is 174 Å². The van der Waals surface area contributed by atoms with Crippen molar-refractivity contribution in [2.75, 3.05) is 0 Å². The third-order valence-electron chi connectivity index (χ3n) is 6.57. The lowest BCUT2D eigenvalue weighted by Crippen LogP contribution is -1.85. The standard InChI is InChI=1S/C30H18/c1-3-7-25-19(5-1)9-11-21-13-15-23-17-24-16-14-22-12-10-20-6-2-4-8-26(20)30(22)28(24)18-27(23)29(21)25/h1-18H. The molecule has 7 aromatic carbocycles. The van der Waals surface area contributed by atoms with Crippen molar-refractivity contribution in [2.45, 2.75) is 0 Å².